The molecule has 2 aliphatic heterocycles. The van der Waals surface area contributed by atoms with Crippen molar-refractivity contribution in [2.75, 3.05) is 32.1 Å². The number of rotatable bonds is 3. The van der Waals surface area contributed by atoms with Crippen LogP contribution in [0.25, 0.3) is 11.1 Å². The van der Waals surface area contributed by atoms with Crippen molar-refractivity contribution in [3.8, 4) is 17.3 Å². The Morgan fingerprint density at radius 1 is 1.25 bits per heavy atom. The van der Waals surface area contributed by atoms with E-state index < -0.39 is 5.60 Å². The maximum Gasteiger partial charge on any atom is 0.257 e. The van der Waals surface area contributed by atoms with Crippen LogP contribution in [0.5, 0.6) is 0 Å². The Labute approximate surface area is 165 Å². The summed E-state index contributed by atoms with van der Waals surface area (Å²) in [6.07, 6.45) is 2.23. The highest BCUT2D eigenvalue weighted by molar-refractivity contribution is 5.98. The second kappa shape index (κ2) is 7.27. The fraction of sp³-hybridized carbons (Fsp3) is 0.364. The van der Waals surface area contributed by atoms with E-state index in [1.165, 1.54) is 0 Å². The highest BCUT2D eigenvalue weighted by atomic mass is 16.5. The Morgan fingerprint density at radius 3 is 2.75 bits per heavy atom. The molecule has 2 aliphatic rings. The smallest absolute Gasteiger partial charge is 0.257 e. The van der Waals surface area contributed by atoms with Crippen LogP contribution in [0.3, 0.4) is 0 Å². The lowest BCUT2D eigenvalue weighted by atomic mass is 9.95. The fourth-order valence-electron chi connectivity index (χ4n) is 4.00. The van der Waals surface area contributed by atoms with Crippen molar-refractivity contribution in [2.45, 2.75) is 25.6 Å². The molecule has 28 heavy (non-hydrogen) atoms. The van der Waals surface area contributed by atoms with Gasteiger partial charge in [0.15, 0.2) is 11.8 Å². The molecule has 1 saturated heterocycles. The molecule has 1 amide bonds. The van der Waals surface area contributed by atoms with Crippen molar-refractivity contribution in [1.82, 2.24) is 9.80 Å². The average Bonchev–Trinajstić information content (AvgIpc) is 3.11. The third-order valence-corrected chi connectivity index (χ3v) is 5.48. The van der Waals surface area contributed by atoms with Crippen LogP contribution in [0.1, 0.15) is 18.1 Å². The van der Waals surface area contributed by atoms with E-state index in [-0.39, 0.29) is 5.91 Å². The maximum atomic E-state index is 13.0. The molecular weight excluding hydrogens is 352 g/mol. The van der Waals surface area contributed by atoms with E-state index in [2.05, 4.69) is 28.5 Å². The number of nitrogens with one attached hydrogen (secondary N) is 1. The number of benzene rings is 2. The van der Waals surface area contributed by atoms with Crippen LogP contribution in [-0.4, -0.2) is 48.1 Å². The molecule has 0 bridgehead atoms. The van der Waals surface area contributed by atoms with Crippen LogP contribution in [0.4, 0.5) is 5.69 Å². The summed E-state index contributed by atoms with van der Waals surface area (Å²) in [5, 5.41) is 12.4. The molecule has 1 N–H and O–H groups in total. The standard InChI is InChI=1S/C22H24N4O2/c1-22(14-25(2)8-9-28-22)21(27)24-18-10-17-12-26(15-23)13-20(17)19(11-18)16-6-4-3-5-7-16/h3-7,10-11H,8-9,12-14H2,1-2H3,(H,24,27). The van der Waals surface area contributed by atoms with Crippen molar-refractivity contribution >= 4 is 11.6 Å². The van der Waals surface area contributed by atoms with E-state index in [4.69, 9.17) is 4.74 Å². The molecule has 1 fully saturated rings. The molecule has 1 unspecified atom stereocenters. The first-order chi connectivity index (χ1) is 13.5. The predicted octanol–water partition coefficient (Wildman–Crippen LogP) is 2.81. The number of carbonyl (C=O) groups is 1. The Kier molecular flexibility index (Phi) is 4.80. The monoisotopic (exact) mass is 376 g/mol. The number of morpholine rings is 1. The number of fused-ring (bicyclic) bond motifs is 1. The molecule has 0 aliphatic carbocycles. The Morgan fingerprint density at radius 2 is 2.04 bits per heavy atom. The van der Waals surface area contributed by atoms with Crippen LogP contribution in [0.2, 0.25) is 0 Å². The third kappa shape index (κ3) is 3.47. The minimum atomic E-state index is -0.877. The highest BCUT2D eigenvalue weighted by Crippen LogP contribution is 2.35. The molecule has 0 radical (unpaired) electrons. The normalized spacial score (nSPS) is 21.8. The van der Waals surface area contributed by atoms with E-state index in [0.29, 0.717) is 26.2 Å². The minimum absolute atomic E-state index is 0.145. The Hall–Kier alpha value is -2.88. The number of likely N-dealkylation sites (N-methyl/N-ethyl adjacent to an activating group) is 1. The number of carbonyl (C=O) groups excluding carboxylic acids is 1. The SMILES string of the molecule is CN1CCOC(C)(C(=O)Nc2cc3c(c(-c4ccccc4)c2)CN(C#N)C3)C1. The summed E-state index contributed by atoms with van der Waals surface area (Å²) in [4.78, 5) is 16.8. The van der Waals surface area contributed by atoms with Gasteiger partial charge in [0, 0.05) is 18.8 Å². The zero-order chi connectivity index (χ0) is 19.7. The molecule has 2 aromatic rings. The van der Waals surface area contributed by atoms with Gasteiger partial charge in [-0.25, -0.2) is 0 Å². The molecule has 6 heteroatoms. The van der Waals surface area contributed by atoms with Gasteiger partial charge in [-0.05, 0) is 48.4 Å². The fourth-order valence-corrected chi connectivity index (χ4v) is 4.00. The summed E-state index contributed by atoms with van der Waals surface area (Å²) in [6.45, 7) is 4.90. The van der Waals surface area contributed by atoms with Gasteiger partial charge in [-0.1, -0.05) is 30.3 Å². The van der Waals surface area contributed by atoms with Crippen LogP contribution in [-0.2, 0) is 22.6 Å². The molecular formula is C22H24N4O2. The van der Waals surface area contributed by atoms with Gasteiger partial charge in [0.05, 0.1) is 19.7 Å². The van der Waals surface area contributed by atoms with E-state index >= 15 is 0 Å². The van der Waals surface area contributed by atoms with Crippen LogP contribution in [0, 0.1) is 11.5 Å². The van der Waals surface area contributed by atoms with Crippen molar-refractivity contribution in [1.29, 1.82) is 5.26 Å². The largest absolute Gasteiger partial charge is 0.363 e. The first kappa shape index (κ1) is 18.5. The first-order valence-electron chi connectivity index (χ1n) is 9.48. The van der Waals surface area contributed by atoms with E-state index in [1.54, 1.807) is 4.90 Å². The summed E-state index contributed by atoms with van der Waals surface area (Å²) < 4.78 is 5.81. The number of ether oxygens (including phenoxy) is 1. The van der Waals surface area contributed by atoms with E-state index in [1.807, 2.05) is 44.3 Å². The summed E-state index contributed by atoms with van der Waals surface area (Å²) in [6, 6.07) is 14.1. The van der Waals surface area contributed by atoms with Crippen molar-refractivity contribution in [2.24, 2.45) is 0 Å². The van der Waals surface area contributed by atoms with Gasteiger partial charge in [0.1, 0.15) is 0 Å². The molecule has 4 rings (SSSR count). The van der Waals surface area contributed by atoms with Crippen LogP contribution < -0.4 is 5.32 Å². The minimum Gasteiger partial charge on any atom is -0.363 e. The van der Waals surface area contributed by atoms with Crippen molar-refractivity contribution < 1.29 is 9.53 Å². The summed E-state index contributed by atoms with van der Waals surface area (Å²) in [7, 11) is 1.99. The second-order valence-electron chi connectivity index (χ2n) is 7.75. The van der Waals surface area contributed by atoms with Crippen molar-refractivity contribution in [3.63, 3.8) is 0 Å². The number of anilines is 1. The van der Waals surface area contributed by atoms with Gasteiger partial charge in [0.25, 0.3) is 5.91 Å². The molecule has 2 aromatic carbocycles. The zero-order valence-electron chi connectivity index (χ0n) is 16.2. The first-order valence-corrected chi connectivity index (χ1v) is 9.48. The van der Waals surface area contributed by atoms with E-state index in [9.17, 15) is 10.1 Å². The van der Waals surface area contributed by atoms with Crippen LogP contribution >= 0.6 is 0 Å². The van der Waals surface area contributed by atoms with Gasteiger partial charge in [0.2, 0.25) is 0 Å². The molecule has 144 valence electrons. The molecule has 6 nitrogen and oxygen atoms in total. The van der Waals surface area contributed by atoms with Gasteiger partial charge in [-0.3, -0.25) is 4.79 Å². The topological polar surface area (TPSA) is 68.6 Å². The maximum absolute atomic E-state index is 13.0. The summed E-state index contributed by atoms with van der Waals surface area (Å²) in [5.74, 6) is -0.145. The number of nitrogens with zero attached hydrogens (tertiary/aromatic N) is 3. The number of hydrogen-bond acceptors (Lipinski definition) is 5. The lowest BCUT2D eigenvalue weighted by Crippen LogP contribution is -2.55. The molecule has 0 aromatic heterocycles. The second-order valence-corrected chi connectivity index (χ2v) is 7.75. The molecule has 0 saturated carbocycles. The lowest BCUT2D eigenvalue weighted by Gasteiger charge is -2.37. The van der Waals surface area contributed by atoms with Gasteiger partial charge >= 0.3 is 0 Å². The average molecular weight is 376 g/mol. The number of nitriles is 1. The third-order valence-electron chi connectivity index (χ3n) is 5.48. The van der Waals surface area contributed by atoms with Gasteiger partial charge < -0.3 is 19.9 Å². The van der Waals surface area contributed by atoms with Gasteiger partial charge in [-0.15, -0.1) is 0 Å². The highest BCUT2D eigenvalue weighted by Gasteiger charge is 2.38. The summed E-state index contributed by atoms with van der Waals surface area (Å²) in [5.41, 5.74) is 4.21. The number of amides is 1. The molecule has 0 spiro atoms. The molecule has 2 heterocycles. The van der Waals surface area contributed by atoms with Crippen molar-refractivity contribution in [3.05, 3.63) is 53.6 Å². The quantitative estimate of drug-likeness (QED) is 0.835. The van der Waals surface area contributed by atoms with E-state index in [0.717, 1.165) is 34.5 Å². The van der Waals surface area contributed by atoms with Gasteiger partial charge in [-0.2, -0.15) is 5.26 Å². The number of hydrogen-bond donors (Lipinski definition) is 1. The Bertz CT molecular complexity index is 938. The van der Waals surface area contributed by atoms with Crippen LogP contribution in [0.15, 0.2) is 42.5 Å². The predicted molar refractivity (Wildman–Crippen MR) is 107 cm³/mol. The summed E-state index contributed by atoms with van der Waals surface area (Å²) >= 11 is 0. The lowest BCUT2D eigenvalue weighted by molar-refractivity contribution is -0.149. The zero-order valence-corrected chi connectivity index (χ0v) is 16.2. The Balaban J connectivity index is 1.67. The molecule has 1 atom stereocenters.